The predicted molar refractivity (Wildman–Crippen MR) is 116 cm³/mol. The number of rotatable bonds is 5. The van der Waals surface area contributed by atoms with E-state index in [1.54, 1.807) is 12.1 Å². The normalized spacial score (nSPS) is 11.9. The van der Waals surface area contributed by atoms with Crippen LogP contribution in [0.25, 0.3) is 10.9 Å². The fourth-order valence-corrected chi connectivity index (χ4v) is 4.30. The largest absolute Gasteiger partial charge is 0.366 e. The number of pyridine rings is 1. The summed E-state index contributed by atoms with van der Waals surface area (Å²) in [5, 5.41) is 4.21. The lowest BCUT2D eigenvalue weighted by Crippen LogP contribution is -2.17. The molecule has 2 aromatic heterocycles. The molecule has 29 heavy (non-hydrogen) atoms. The second kappa shape index (κ2) is 7.85. The minimum atomic E-state index is -0.575. The number of hydrogen-bond donors (Lipinski definition) is 2. The number of aromatic nitrogens is 1. The molecule has 6 heteroatoms. The molecule has 0 radical (unpaired) electrons. The van der Waals surface area contributed by atoms with Crippen LogP contribution in [-0.4, -0.2) is 16.8 Å². The molecule has 0 aliphatic heterocycles. The number of amides is 2. The number of carbonyl (C=O) groups excluding carboxylic acids is 2. The van der Waals surface area contributed by atoms with Crippen LogP contribution in [-0.2, 0) is 0 Å². The molecule has 1 atom stereocenters. The van der Waals surface area contributed by atoms with E-state index >= 15 is 0 Å². The van der Waals surface area contributed by atoms with Crippen LogP contribution in [0, 0.1) is 0 Å². The van der Waals surface area contributed by atoms with Crippen LogP contribution in [0.15, 0.2) is 72.8 Å². The third-order valence-electron chi connectivity index (χ3n) is 4.80. The van der Waals surface area contributed by atoms with Gasteiger partial charge in [-0.3, -0.25) is 9.59 Å². The Bertz CT molecular complexity index is 1200. The summed E-state index contributed by atoms with van der Waals surface area (Å²) in [4.78, 5) is 30.1. The highest BCUT2D eigenvalue weighted by Crippen LogP contribution is 2.36. The fraction of sp³-hybridized carbons (Fsp3) is 0.0870. The van der Waals surface area contributed by atoms with Crippen molar-refractivity contribution >= 4 is 39.1 Å². The molecule has 1 unspecified atom stereocenters. The van der Waals surface area contributed by atoms with Gasteiger partial charge in [-0.1, -0.05) is 61.5 Å². The quantitative estimate of drug-likeness (QED) is 0.504. The topological polar surface area (TPSA) is 85.1 Å². The minimum Gasteiger partial charge on any atom is -0.366 e. The number of thiophene rings is 1. The van der Waals surface area contributed by atoms with Gasteiger partial charge in [0, 0.05) is 16.2 Å². The summed E-state index contributed by atoms with van der Waals surface area (Å²) in [7, 11) is 0. The maximum Gasteiger partial charge on any atom is 0.274 e. The zero-order chi connectivity index (χ0) is 20.4. The molecule has 144 valence electrons. The smallest absolute Gasteiger partial charge is 0.274 e. The number of hydrogen-bond acceptors (Lipinski definition) is 4. The van der Waals surface area contributed by atoms with Gasteiger partial charge in [-0.25, -0.2) is 4.98 Å². The molecular weight excluding hydrogens is 382 g/mol. The Labute approximate surface area is 172 Å². The summed E-state index contributed by atoms with van der Waals surface area (Å²) >= 11 is 1.36. The molecule has 0 spiro atoms. The van der Waals surface area contributed by atoms with Gasteiger partial charge in [0.05, 0.1) is 11.1 Å². The predicted octanol–water partition coefficient (Wildman–Crippen LogP) is 4.80. The van der Waals surface area contributed by atoms with E-state index in [0.717, 1.165) is 21.3 Å². The first-order chi connectivity index (χ1) is 14.0. The van der Waals surface area contributed by atoms with Crippen molar-refractivity contribution in [1.29, 1.82) is 0 Å². The lowest BCUT2D eigenvalue weighted by atomic mass is 9.99. The monoisotopic (exact) mass is 401 g/mol. The van der Waals surface area contributed by atoms with Crippen LogP contribution in [0.4, 0.5) is 5.00 Å². The van der Waals surface area contributed by atoms with Crippen molar-refractivity contribution in [3.8, 4) is 0 Å². The molecule has 0 fully saturated rings. The van der Waals surface area contributed by atoms with E-state index in [0.29, 0.717) is 10.6 Å². The van der Waals surface area contributed by atoms with E-state index in [-0.39, 0.29) is 17.5 Å². The zero-order valence-corrected chi connectivity index (χ0v) is 16.6. The fourth-order valence-electron chi connectivity index (χ4n) is 3.16. The highest BCUT2D eigenvalue weighted by molar-refractivity contribution is 7.16. The first kappa shape index (κ1) is 18.8. The summed E-state index contributed by atoms with van der Waals surface area (Å²) in [5.41, 5.74) is 8.01. The number of anilines is 1. The number of benzene rings is 2. The number of para-hydroxylation sites is 1. The van der Waals surface area contributed by atoms with E-state index in [2.05, 4.69) is 17.2 Å². The third kappa shape index (κ3) is 3.88. The highest BCUT2D eigenvalue weighted by atomic mass is 32.1. The molecule has 2 heterocycles. The van der Waals surface area contributed by atoms with Crippen molar-refractivity contribution in [3.63, 3.8) is 0 Å². The molecule has 0 bridgehead atoms. The molecule has 3 N–H and O–H groups in total. The van der Waals surface area contributed by atoms with Gasteiger partial charge >= 0.3 is 0 Å². The van der Waals surface area contributed by atoms with Crippen LogP contribution in [0.3, 0.4) is 0 Å². The van der Waals surface area contributed by atoms with Gasteiger partial charge in [-0.15, -0.1) is 11.3 Å². The Balaban J connectivity index is 1.64. The van der Waals surface area contributed by atoms with Crippen molar-refractivity contribution in [2.75, 3.05) is 5.32 Å². The Hall–Kier alpha value is -3.51. The second-order valence-electron chi connectivity index (χ2n) is 6.73. The first-order valence-corrected chi connectivity index (χ1v) is 10.00. The molecule has 2 amide bonds. The Morgan fingerprint density at radius 3 is 2.48 bits per heavy atom. The summed E-state index contributed by atoms with van der Waals surface area (Å²) in [6, 6.07) is 22.8. The van der Waals surface area contributed by atoms with Gasteiger partial charge in [-0.05, 0) is 23.8 Å². The number of primary amides is 1. The van der Waals surface area contributed by atoms with E-state index < -0.39 is 5.91 Å². The molecule has 2 aromatic carbocycles. The summed E-state index contributed by atoms with van der Waals surface area (Å²) in [6.07, 6.45) is 0. The van der Waals surface area contributed by atoms with Crippen molar-refractivity contribution in [2.45, 2.75) is 12.8 Å². The Morgan fingerprint density at radius 2 is 1.72 bits per heavy atom. The first-order valence-electron chi connectivity index (χ1n) is 9.18. The van der Waals surface area contributed by atoms with Gasteiger partial charge in [0.25, 0.3) is 11.8 Å². The van der Waals surface area contributed by atoms with Crippen LogP contribution in [0.2, 0.25) is 0 Å². The highest BCUT2D eigenvalue weighted by Gasteiger charge is 2.20. The minimum absolute atomic E-state index is 0.0729. The van der Waals surface area contributed by atoms with Crippen molar-refractivity contribution in [1.82, 2.24) is 4.98 Å². The van der Waals surface area contributed by atoms with Gasteiger partial charge in [-0.2, -0.15) is 0 Å². The number of nitrogens with two attached hydrogens (primary N) is 1. The molecule has 0 aliphatic rings. The van der Waals surface area contributed by atoms with E-state index in [9.17, 15) is 9.59 Å². The lowest BCUT2D eigenvalue weighted by Gasteiger charge is -2.09. The average molecular weight is 401 g/mol. The van der Waals surface area contributed by atoms with E-state index in [1.807, 2.05) is 60.7 Å². The molecule has 0 aliphatic carbocycles. The zero-order valence-electron chi connectivity index (χ0n) is 15.8. The van der Waals surface area contributed by atoms with Crippen LogP contribution in [0.5, 0.6) is 0 Å². The van der Waals surface area contributed by atoms with E-state index in [1.165, 1.54) is 11.3 Å². The summed E-state index contributed by atoms with van der Waals surface area (Å²) < 4.78 is 0. The van der Waals surface area contributed by atoms with Gasteiger partial charge < -0.3 is 11.1 Å². The van der Waals surface area contributed by atoms with Gasteiger partial charge in [0.2, 0.25) is 0 Å². The number of carbonyl (C=O) groups is 2. The molecule has 0 saturated heterocycles. The van der Waals surface area contributed by atoms with Crippen molar-refractivity contribution in [3.05, 3.63) is 94.5 Å². The van der Waals surface area contributed by atoms with Gasteiger partial charge in [0.1, 0.15) is 10.7 Å². The third-order valence-corrected chi connectivity index (χ3v) is 6.03. The molecule has 4 rings (SSSR count). The van der Waals surface area contributed by atoms with Crippen LogP contribution >= 0.6 is 11.3 Å². The summed E-state index contributed by atoms with van der Waals surface area (Å²) in [5.74, 6) is -0.878. The molecule has 4 aromatic rings. The van der Waals surface area contributed by atoms with Crippen molar-refractivity contribution in [2.24, 2.45) is 5.73 Å². The lowest BCUT2D eigenvalue weighted by molar-refractivity contribution is 0.100. The Kier molecular flexibility index (Phi) is 5.10. The SMILES string of the molecule is CC(c1ccccc1)c1cc(C(N)=O)c(NC(=O)c2ccc3ccccc3n2)s1. The second-order valence-corrected chi connectivity index (χ2v) is 7.82. The van der Waals surface area contributed by atoms with Crippen LogP contribution in [0.1, 0.15) is 44.1 Å². The van der Waals surface area contributed by atoms with Crippen LogP contribution < -0.4 is 11.1 Å². The molecule has 5 nitrogen and oxygen atoms in total. The van der Waals surface area contributed by atoms with Crippen molar-refractivity contribution < 1.29 is 9.59 Å². The number of fused-ring (bicyclic) bond motifs is 1. The number of nitrogens with one attached hydrogen (secondary N) is 1. The maximum absolute atomic E-state index is 12.8. The van der Waals surface area contributed by atoms with Gasteiger partial charge in [0.15, 0.2) is 0 Å². The molecule has 0 saturated carbocycles. The maximum atomic E-state index is 12.8. The standard InChI is InChI=1S/C23H19N3O2S/c1-14(15-7-3-2-4-8-15)20-13-17(21(24)27)23(29-20)26-22(28)19-12-11-16-9-5-6-10-18(16)25-19/h2-14H,1H3,(H2,24,27)(H,26,28). The Morgan fingerprint density at radius 1 is 1.00 bits per heavy atom. The van der Waals surface area contributed by atoms with E-state index in [4.69, 9.17) is 5.73 Å². The average Bonchev–Trinajstić information content (AvgIpc) is 3.17. The summed E-state index contributed by atoms with van der Waals surface area (Å²) in [6.45, 7) is 2.06. The molecular formula is C23H19N3O2S. The number of nitrogens with zero attached hydrogens (tertiary/aromatic N) is 1.